The second kappa shape index (κ2) is 9.21. The summed E-state index contributed by atoms with van der Waals surface area (Å²) < 4.78 is 32.5. The first kappa shape index (κ1) is 24.8. The number of hydrogen-bond donors (Lipinski definition) is 1. The van der Waals surface area contributed by atoms with Crippen molar-refractivity contribution in [3.05, 3.63) is 41.0 Å². The van der Waals surface area contributed by atoms with Crippen molar-refractivity contribution in [1.29, 1.82) is 0 Å². The van der Waals surface area contributed by atoms with Crippen molar-refractivity contribution >= 4 is 27.4 Å². The Kier molecular flexibility index (Phi) is 6.93. The molecule has 1 aliphatic rings. The maximum absolute atomic E-state index is 12.6. The number of nitrogens with zero attached hydrogens (tertiary/aromatic N) is 3. The highest BCUT2D eigenvalue weighted by atomic mass is 32.2. The molecule has 1 saturated heterocycles. The third kappa shape index (κ3) is 6.16. The Bertz CT molecular complexity index is 1120. The van der Waals surface area contributed by atoms with E-state index in [1.165, 1.54) is 0 Å². The highest BCUT2D eigenvalue weighted by molar-refractivity contribution is 7.92. The minimum atomic E-state index is -3.52. The molecule has 180 valence electrons. The molecule has 0 unspecified atom stereocenters. The lowest BCUT2D eigenvalue weighted by atomic mass is 9.94. The van der Waals surface area contributed by atoms with Crippen molar-refractivity contribution in [1.82, 2.24) is 9.88 Å². The van der Waals surface area contributed by atoms with E-state index in [1.54, 1.807) is 12.1 Å². The molecule has 3 rings (SSSR count). The first-order valence-electron chi connectivity index (χ1n) is 11.0. The van der Waals surface area contributed by atoms with Gasteiger partial charge in [0, 0.05) is 31.6 Å². The highest BCUT2D eigenvalue weighted by Crippen LogP contribution is 2.35. The lowest BCUT2D eigenvalue weighted by Gasteiger charge is -2.38. The van der Waals surface area contributed by atoms with Crippen molar-refractivity contribution in [2.75, 3.05) is 42.1 Å². The van der Waals surface area contributed by atoms with Crippen LogP contribution in [-0.2, 0) is 14.8 Å². The van der Waals surface area contributed by atoms with Gasteiger partial charge in [-0.1, -0.05) is 38.5 Å². The number of aromatic nitrogens is 1. The first-order valence-corrected chi connectivity index (χ1v) is 12.9. The molecule has 1 fully saturated rings. The number of carbonyl (C=O) groups is 1. The summed E-state index contributed by atoms with van der Waals surface area (Å²) in [6.45, 7) is 14.2. The Balaban J connectivity index is 1.89. The van der Waals surface area contributed by atoms with Crippen LogP contribution in [0.2, 0.25) is 0 Å². The summed E-state index contributed by atoms with van der Waals surface area (Å²) in [5.74, 6) is 1.66. The molecule has 8 nitrogen and oxygen atoms in total. The van der Waals surface area contributed by atoms with Crippen LogP contribution >= 0.6 is 0 Å². The Morgan fingerprint density at radius 2 is 1.61 bits per heavy atom. The smallest absolute Gasteiger partial charge is 0.245 e. The number of carbonyl (C=O) groups excluding carboxylic acids is 1. The number of anilines is 2. The Morgan fingerprint density at radius 3 is 2.12 bits per heavy atom. The van der Waals surface area contributed by atoms with Gasteiger partial charge >= 0.3 is 0 Å². The molecule has 9 heteroatoms. The third-order valence-corrected chi connectivity index (χ3v) is 6.07. The number of piperazine rings is 1. The number of sulfonamides is 1. The van der Waals surface area contributed by atoms with E-state index in [2.05, 4.69) is 14.6 Å². The maximum atomic E-state index is 12.6. The quantitative estimate of drug-likeness (QED) is 0.707. The average molecular weight is 475 g/mol. The molecular formula is C24H34N4O4S. The molecular weight excluding hydrogens is 440 g/mol. The van der Waals surface area contributed by atoms with Crippen molar-refractivity contribution in [3.63, 3.8) is 0 Å². The van der Waals surface area contributed by atoms with Gasteiger partial charge in [0.1, 0.15) is 17.3 Å². The molecule has 1 aromatic carbocycles. The van der Waals surface area contributed by atoms with E-state index in [9.17, 15) is 13.2 Å². The van der Waals surface area contributed by atoms with Crippen molar-refractivity contribution in [3.8, 4) is 11.6 Å². The second-order valence-electron chi connectivity index (χ2n) is 9.76. The van der Waals surface area contributed by atoms with Gasteiger partial charge in [0.25, 0.3) is 0 Å². The van der Waals surface area contributed by atoms with Crippen LogP contribution in [-0.4, -0.2) is 56.6 Å². The fraction of sp³-hybridized carbons (Fsp3) is 0.500. The molecule has 2 aromatic rings. The van der Waals surface area contributed by atoms with Crippen molar-refractivity contribution in [2.45, 2.75) is 41.5 Å². The highest BCUT2D eigenvalue weighted by Gasteiger charge is 2.30. The van der Waals surface area contributed by atoms with Gasteiger partial charge in [0.05, 0.1) is 6.26 Å². The minimum absolute atomic E-state index is 0.136. The normalized spacial score (nSPS) is 14.9. The largest absolute Gasteiger partial charge is 0.436 e. The molecule has 1 aromatic heterocycles. The number of amides is 1. The van der Waals surface area contributed by atoms with Crippen LogP contribution in [0.3, 0.4) is 0 Å². The molecule has 0 bridgehead atoms. The molecule has 1 N–H and O–H groups in total. The van der Waals surface area contributed by atoms with Gasteiger partial charge in [-0.25, -0.2) is 8.42 Å². The minimum Gasteiger partial charge on any atom is -0.436 e. The van der Waals surface area contributed by atoms with E-state index in [1.807, 2.05) is 58.6 Å². The molecule has 1 aliphatic heterocycles. The van der Waals surface area contributed by atoms with Crippen LogP contribution in [0.4, 0.5) is 11.5 Å². The number of ether oxygens (including phenoxy) is 1. The van der Waals surface area contributed by atoms with E-state index in [-0.39, 0.29) is 17.5 Å². The van der Waals surface area contributed by atoms with Crippen molar-refractivity contribution < 1.29 is 17.9 Å². The topological polar surface area (TPSA) is 91.8 Å². The standard InChI is InChI=1S/C24H34N4O4S/c1-16-14-17(2)21(18(3)15-16)32-22-19(26-33(7,30)31)8-9-20(25-22)27-10-12-28(13-11-27)23(29)24(4,5)6/h8-9,14-15,26H,10-13H2,1-7H3. The van der Waals surface area contributed by atoms with E-state index in [0.717, 1.165) is 22.9 Å². The maximum Gasteiger partial charge on any atom is 0.245 e. The van der Waals surface area contributed by atoms with E-state index >= 15 is 0 Å². The van der Waals surface area contributed by atoms with Crippen LogP contribution in [0.25, 0.3) is 0 Å². The van der Waals surface area contributed by atoms with Gasteiger partial charge in [0.15, 0.2) is 0 Å². The average Bonchev–Trinajstić information content (AvgIpc) is 2.69. The fourth-order valence-electron chi connectivity index (χ4n) is 4.00. The molecule has 0 spiro atoms. The van der Waals surface area contributed by atoms with E-state index < -0.39 is 15.4 Å². The summed E-state index contributed by atoms with van der Waals surface area (Å²) in [7, 11) is -3.52. The van der Waals surface area contributed by atoms with Gasteiger partial charge in [-0.05, 0) is 44.0 Å². The fourth-order valence-corrected chi connectivity index (χ4v) is 4.55. The van der Waals surface area contributed by atoms with Crippen LogP contribution in [0.5, 0.6) is 11.6 Å². The number of rotatable bonds is 5. The van der Waals surface area contributed by atoms with Gasteiger partial charge in [-0.15, -0.1) is 0 Å². The predicted molar refractivity (Wildman–Crippen MR) is 132 cm³/mol. The zero-order valence-corrected chi connectivity index (χ0v) is 21.3. The summed E-state index contributed by atoms with van der Waals surface area (Å²) in [4.78, 5) is 21.2. The Hall–Kier alpha value is -2.81. The van der Waals surface area contributed by atoms with Gasteiger partial charge in [-0.3, -0.25) is 9.52 Å². The second-order valence-corrected chi connectivity index (χ2v) is 11.5. The molecule has 0 aliphatic carbocycles. The van der Waals surface area contributed by atoms with E-state index in [4.69, 9.17) is 4.74 Å². The molecule has 2 heterocycles. The molecule has 0 atom stereocenters. The van der Waals surface area contributed by atoms with Crippen LogP contribution in [0.1, 0.15) is 37.5 Å². The van der Waals surface area contributed by atoms with Gasteiger partial charge < -0.3 is 14.5 Å². The monoisotopic (exact) mass is 474 g/mol. The zero-order valence-electron chi connectivity index (χ0n) is 20.5. The van der Waals surface area contributed by atoms with Gasteiger partial charge in [-0.2, -0.15) is 4.98 Å². The molecule has 1 amide bonds. The lowest BCUT2D eigenvalue weighted by Crippen LogP contribution is -2.51. The number of pyridine rings is 1. The summed E-state index contributed by atoms with van der Waals surface area (Å²) in [6, 6.07) is 7.48. The van der Waals surface area contributed by atoms with Crippen LogP contribution < -0.4 is 14.4 Å². The van der Waals surface area contributed by atoms with Crippen molar-refractivity contribution in [2.24, 2.45) is 5.41 Å². The summed E-state index contributed by atoms with van der Waals surface area (Å²) in [6.07, 6.45) is 1.10. The molecule has 0 radical (unpaired) electrons. The summed E-state index contributed by atoms with van der Waals surface area (Å²) in [5.41, 5.74) is 2.88. The predicted octanol–water partition coefficient (Wildman–Crippen LogP) is 3.87. The number of benzene rings is 1. The zero-order chi connectivity index (χ0) is 24.6. The summed E-state index contributed by atoms with van der Waals surface area (Å²) >= 11 is 0. The number of hydrogen-bond acceptors (Lipinski definition) is 6. The Morgan fingerprint density at radius 1 is 1.03 bits per heavy atom. The van der Waals surface area contributed by atoms with Gasteiger partial charge in [0.2, 0.25) is 21.8 Å². The summed E-state index contributed by atoms with van der Waals surface area (Å²) in [5, 5.41) is 0. The van der Waals surface area contributed by atoms with E-state index in [0.29, 0.717) is 37.7 Å². The third-order valence-electron chi connectivity index (χ3n) is 5.48. The molecule has 33 heavy (non-hydrogen) atoms. The molecule has 0 saturated carbocycles. The van der Waals surface area contributed by atoms with Crippen LogP contribution in [0.15, 0.2) is 24.3 Å². The lowest BCUT2D eigenvalue weighted by molar-refractivity contribution is -0.139. The Labute approximate surface area is 197 Å². The number of nitrogens with one attached hydrogen (secondary N) is 1. The SMILES string of the molecule is Cc1cc(C)c(Oc2nc(N3CCN(C(=O)C(C)(C)C)CC3)ccc2NS(C)(=O)=O)c(C)c1. The first-order chi connectivity index (χ1) is 15.2. The van der Waals surface area contributed by atoms with Crippen LogP contribution in [0, 0.1) is 26.2 Å². The number of aryl methyl sites for hydroxylation is 3.